The number of carbonyl (C=O) groups is 1. The lowest BCUT2D eigenvalue weighted by Crippen LogP contribution is -2.07. The fraction of sp³-hybridized carbons (Fsp3) is 0.100. The number of amides is 1. The largest absolute Gasteiger partial charge is 0.298 e. The molecule has 0 aliphatic heterocycles. The Hall–Kier alpha value is -2.37. The Morgan fingerprint density at radius 2 is 1.92 bits per heavy atom. The van der Waals surface area contributed by atoms with Crippen molar-refractivity contribution in [3.63, 3.8) is 0 Å². The number of aryl methyl sites for hydroxylation is 1. The second kappa shape index (κ2) is 8.65. The van der Waals surface area contributed by atoms with E-state index in [1.807, 2.05) is 54.8 Å². The molecule has 1 amide bonds. The highest BCUT2D eigenvalue weighted by Gasteiger charge is 2.05. The van der Waals surface area contributed by atoms with Crippen LogP contribution < -0.4 is 5.32 Å². The minimum atomic E-state index is -0.169. The van der Waals surface area contributed by atoms with Gasteiger partial charge in [0.25, 0.3) is 0 Å². The fourth-order valence-corrected chi connectivity index (χ4v) is 3.73. The standard InChI is InChI=1S/C20H18N2OS2/c1-15-7-9-16(10-8-15)11-12-19(23)22-20-21-17(14-25-20)13-24-18-5-3-2-4-6-18/h2-12,14H,13H2,1H3,(H,21,22,23)/b12-11+. The lowest BCUT2D eigenvalue weighted by Gasteiger charge is -1.99. The molecule has 0 spiro atoms. The van der Waals surface area contributed by atoms with Crippen LogP contribution in [0.5, 0.6) is 0 Å². The summed E-state index contributed by atoms with van der Waals surface area (Å²) in [6.07, 6.45) is 3.33. The van der Waals surface area contributed by atoms with E-state index in [1.54, 1.807) is 17.8 Å². The first-order chi connectivity index (χ1) is 12.2. The normalized spacial score (nSPS) is 10.9. The van der Waals surface area contributed by atoms with Gasteiger partial charge < -0.3 is 0 Å². The summed E-state index contributed by atoms with van der Waals surface area (Å²) in [7, 11) is 0. The molecule has 126 valence electrons. The van der Waals surface area contributed by atoms with Gasteiger partial charge in [-0.25, -0.2) is 4.98 Å². The molecule has 0 bridgehead atoms. The molecule has 1 aromatic heterocycles. The number of aromatic nitrogens is 1. The van der Waals surface area contributed by atoms with Crippen LogP contribution in [-0.2, 0) is 10.5 Å². The molecule has 0 unspecified atom stereocenters. The van der Waals surface area contributed by atoms with Gasteiger partial charge in [-0.1, -0.05) is 48.0 Å². The second-order valence-electron chi connectivity index (χ2n) is 5.48. The topological polar surface area (TPSA) is 42.0 Å². The van der Waals surface area contributed by atoms with E-state index in [1.165, 1.54) is 27.9 Å². The highest BCUT2D eigenvalue weighted by atomic mass is 32.2. The van der Waals surface area contributed by atoms with Crippen molar-refractivity contribution in [3.8, 4) is 0 Å². The van der Waals surface area contributed by atoms with Crippen LogP contribution in [0.2, 0.25) is 0 Å². The Bertz CT molecular complexity index is 855. The van der Waals surface area contributed by atoms with Crippen molar-refractivity contribution in [1.82, 2.24) is 4.98 Å². The monoisotopic (exact) mass is 366 g/mol. The van der Waals surface area contributed by atoms with Crippen LogP contribution in [0.3, 0.4) is 0 Å². The molecule has 5 heteroatoms. The van der Waals surface area contributed by atoms with Gasteiger partial charge in [-0.15, -0.1) is 23.1 Å². The number of rotatable bonds is 6. The predicted octanol–water partition coefficient (Wildman–Crippen LogP) is 5.40. The molecule has 2 aromatic carbocycles. The summed E-state index contributed by atoms with van der Waals surface area (Å²) >= 11 is 3.18. The number of nitrogens with zero attached hydrogens (tertiary/aromatic N) is 1. The maximum Gasteiger partial charge on any atom is 0.250 e. The average Bonchev–Trinajstić information content (AvgIpc) is 3.08. The van der Waals surface area contributed by atoms with E-state index >= 15 is 0 Å². The summed E-state index contributed by atoms with van der Waals surface area (Å²) < 4.78 is 0. The van der Waals surface area contributed by atoms with Crippen molar-refractivity contribution in [2.24, 2.45) is 0 Å². The first kappa shape index (κ1) is 17.5. The van der Waals surface area contributed by atoms with E-state index in [9.17, 15) is 4.79 Å². The van der Waals surface area contributed by atoms with Gasteiger partial charge in [0.2, 0.25) is 5.91 Å². The third-order valence-electron chi connectivity index (χ3n) is 3.42. The number of nitrogens with one attached hydrogen (secondary N) is 1. The van der Waals surface area contributed by atoms with Crippen molar-refractivity contribution in [1.29, 1.82) is 0 Å². The predicted molar refractivity (Wildman–Crippen MR) is 107 cm³/mol. The Kier molecular flexibility index (Phi) is 6.04. The van der Waals surface area contributed by atoms with Crippen LogP contribution in [-0.4, -0.2) is 10.9 Å². The van der Waals surface area contributed by atoms with Gasteiger partial charge in [0, 0.05) is 22.1 Å². The summed E-state index contributed by atoms with van der Waals surface area (Å²) in [5, 5.41) is 5.42. The Morgan fingerprint density at radius 3 is 2.68 bits per heavy atom. The van der Waals surface area contributed by atoms with Gasteiger partial charge in [0.1, 0.15) is 0 Å². The number of anilines is 1. The van der Waals surface area contributed by atoms with E-state index in [2.05, 4.69) is 22.4 Å². The number of hydrogen-bond donors (Lipinski definition) is 1. The molecule has 3 aromatic rings. The molecule has 0 radical (unpaired) electrons. The molecule has 3 nitrogen and oxygen atoms in total. The zero-order chi connectivity index (χ0) is 17.5. The van der Waals surface area contributed by atoms with E-state index < -0.39 is 0 Å². The maximum atomic E-state index is 12.0. The van der Waals surface area contributed by atoms with Crippen molar-refractivity contribution < 1.29 is 4.79 Å². The lowest BCUT2D eigenvalue weighted by molar-refractivity contribution is -0.111. The first-order valence-electron chi connectivity index (χ1n) is 7.87. The van der Waals surface area contributed by atoms with Gasteiger partial charge in [-0.05, 0) is 30.7 Å². The molecule has 0 fully saturated rings. The fourth-order valence-electron chi connectivity index (χ4n) is 2.10. The number of benzene rings is 2. The van der Waals surface area contributed by atoms with Gasteiger partial charge >= 0.3 is 0 Å². The summed E-state index contributed by atoms with van der Waals surface area (Å²) in [5.74, 6) is 0.618. The van der Waals surface area contributed by atoms with Crippen molar-refractivity contribution >= 4 is 40.2 Å². The van der Waals surface area contributed by atoms with Crippen LogP contribution in [0.1, 0.15) is 16.8 Å². The van der Waals surface area contributed by atoms with Crippen molar-refractivity contribution in [2.75, 3.05) is 5.32 Å². The van der Waals surface area contributed by atoms with Crippen LogP contribution in [0.15, 0.2) is 70.9 Å². The van der Waals surface area contributed by atoms with Gasteiger partial charge in [0.05, 0.1) is 5.69 Å². The minimum absolute atomic E-state index is 0.169. The lowest BCUT2D eigenvalue weighted by atomic mass is 10.1. The van der Waals surface area contributed by atoms with Crippen LogP contribution in [0.25, 0.3) is 6.08 Å². The summed E-state index contributed by atoms with van der Waals surface area (Å²) in [4.78, 5) is 17.7. The third-order valence-corrected chi connectivity index (χ3v) is 5.27. The maximum absolute atomic E-state index is 12.0. The molecule has 0 aliphatic carbocycles. The summed E-state index contributed by atoms with van der Waals surface area (Å²) in [5.41, 5.74) is 3.17. The van der Waals surface area contributed by atoms with E-state index in [4.69, 9.17) is 0 Å². The van der Waals surface area contributed by atoms with Crippen LogP contribution in [0.4, 0.5) is 5.13 Å². The van der Waals surface area contributed by atoms with Crippen molar-refractivity contribution in [2.45, 2.75) is 17.6 Å². The van der Waals surface area contributed by atoms with Gasteiger partial charge in [-0.3, -0.25) is 10.1 Å². The Morgan fingerprint density at radius 1 is 1.16 bits per heavy atom. The molecular formula is C20H18N2OS2. The van der Waals surface area contributed by atoms with Crippen molar-refractivity contribution in [3.05, 3.63) is 82.9 Å². The molecular weight excluding hydrogens is 348 g/mol. The number of hydrogen-bond acceptors (Lipinski definition) is 4. The third kappa shape index (κ3) is 5.59. The Balaban J connectivity index is 1.52. The van der Waals surface area contributed by atoms with E-state index in [-0.39, 0.29) is 5.91 Å². The molecule has 0 aliphatic rings. The Labute approximate surface area is 155 Å². The number of carbonyl (C=O) groups excluding carboxylic acids is 1. The van der Waals surface area contributed by atoms with E-state index in [0.717, 1.165) is 17.0 Å². The van der Waals surface area contributed by atoms with Gasteiger partial charge in [-0.2, -0.15) is 0 Å². The summed E-state index contributed by atoms with van der Waals surface area (Å²) in [6, 6.07) is 18.2. The molecule has 0 saturated carbocycles. The highest BCUT2D eigenvalue weighted by Crippen LogP contribution is 2.24. The van der Waals surface area contributed by atoms with E-state index in [0.29, 0.717) is 5.13 Å². The zero-order valence-electron chi connectivity index (χ0n) is 13.8. The molecule has 0 atom stereocenters. The SMILES string of the molecule is Cc1ccc(/C=C/C(=O)Nc2nc(CSc3ccccc3)cs2)cc1. The minimum Gasteiger partial charge on any atom is -0.298 e. The number of thiazole rings is 1. The average molecular weight is 367 g/mol. The van der Waals surface area contributed by atoms with Gasteiger partial charge in [0.15, 0.2) is 5.13 Å². The summed E-state index contributed by atoms with van der Waals surface area (Å²) in [6.45, 7) is 2.04. The molecule has 1 heterocycles. The molecule has 1 N–H and O–H groups in total. The second-order valence-corrected chi connectivity index (χ2v) is 7.39. The quantitative estimate of drug-likeness (QED) is 0.469. The smallest absolute Gasteiger partial charge is 0.250 e. The van der Waals surface area contributed by atoms with Crippen LogP contribution in [0, 0.1) is 6.92 Å². The number of thioether (sulfide) groups is 1. The first-order valence-corrected chi connectivity index (χ1v) is 9.73. The molecule has 3 rings (SSSR count). The molecule has 25 heavy (non-hydrogen) atoms. The van der Waals surface area contributed by atoms with Crippen LogP contribution >= 0.6 is 23.1 Å². The zero-order valence-corrected chi connectivity index (χ0v) is 15.4. The highest BCUT2D eigenvalue weighted by molar-refractivity contribution is 7.98. The molecule has 0 saturated heterocycles.